The van der Waals surface area contributed by atoms with Gasteiger partial charge in [0.25, 0.3) is 0 Å². The highest BCUT2D eigenvalue weighted by molar-refractivity contribution is 5.84. The Balaban J connectivity index is 1.76. The number of carbonyl (C=O) groups is 1. The number of carbonyl (C=O) groups excluding carboxylic acids is 1. The number of nitrogens with zero attached hydrogens (tertiary/aromatic N) is 3. The molecule has 4 nitrogen and oxygen atoms in total. The Labute approximate surface area is 158 Å². The minimum Gasteiger partial charge on any atom is -0.345 e. The minimum absolute atomic E-state index is 0.0134. The summed E-state index contributed by atoms with van der Waals surface area (Å²) in [6.45, 7) is 0.605. The van der Waals surface area contributed by atoms with Gasteiger partial charge in [-0.3, -0.25) is 14.8 Å². The number of amides is 1. The molecule has 0 saturated carbocycles. The van der Waals surface area contributed by atoms with Crippen molar-refractivity contribution in [3.8, 4) is 0 Å². The van der Waals surface area contributed by atoms with Gasteiger partial charge in [-0.05, 0) is 59.9 Å². The summed E-state index contributed by atoms with van der Waals surface area (Å²) < 4.78 is 13.3. The van der Waals surface area contributed by atoms with E-state index in [4.69, 9.17) is 0 Å². The van der Waals surface area contributed by atoms with Gasteiger partial charge in [-0.2, -0.15) is 0 Å². The van der Waals surface area contributed by atoms with Gasteiger partial charge in [0, 0.05) is 38.4 Å². The highest BCUT2D eigenvalue weighted by atomic mass is 19.1. The third kappa shape index (κ3) is 5.20. The fourth-order valence-electron chi connectivity index (χ4n) is 3.02. The van der Waals surface area contributed by atoms with Crippen LogP contribution in [0.1, 0.15) is 22.6 Å². The smallest absolute Gasteiger partial charge is 0.230 e. The third-order valence-corrected chi connectivity index (χ3v) is 4.59. The van der Waals surface area contributed by atoms with E-state index in [0.29, 0.717) is 13.0 Å². The van der Waals surface area contributed by atoms with Crippen LogP contribution in [0.2, 0.25) is 0 Å². The summed E-state index contributed by atoms with van der Waals surface area (Å²) in [5.41, 5.74) is 2.92. The maximum atomic E-state index is 13.3. The van der Waals surface area contributed by atoms with E-state index in [-0.39, 0.29) is 17.6 Å². The van der Waals surface area contributed by atoms with Crippen molar-refractivity contribution in [3.63, 3.8) is 0 Å². The van der Waals surface area contributed by atoms with Gasteiger partial charge >= 0.3 is 0 Å². The Morgan fingerprint density at radius 1 is 1.00 bits per heavy atom. The second-order valence-electron chi connectivity index (χ2n) is 6.53. The number of aromatic nitrogens is 2. The summed E-state index contributed by atoms with van der Waals surface area (Å²) in [5, 5.41) is 0. The molecule has 1 amide bonds. The summed E-state index contributed by atoms with van der Waals surface area (Å²) >= 11 is 0. The van der Waals surface area contributed by atoms with Crippen LogP contribution in [0.3, 0.4) is 0 Å². The quantitative estimate of drug-likeness (QED) is 0.644. The van der Waals surface area contributed by atoms with E-state index in [1.807, 2.05) is 31.3 Å². The van der Waals surface area contributed by atoms with Crippen LogP contribution in [-0.4, -0.2) is 34.4 Å². The van der Waals surface area contributed by atoms with Crippen LogP contribution in [0.5, 0.6) is 0 Å². The van der Waals surface area contributed by atoms with E-state index in [2.05, 4.69) is 9.97 Å². The second kappa shape index (κ2) is 9.03. The molecule has 2 heterocycles. The number of rotatable bonds is 7. The van der Waals surface area contributed by atoms with Crippen molar-refractivity contribution in [3.05, 3.63) is 95.8 Å². The molecule has 27 heavy (non-hydrogen) atoms. The zero-order valence-corrected chi connectivity index (χ0v) is 15.3. The molecule has 0 saturated heterocycles. The van der Waals surface area contributed by atoms with Gasteiger partial charge in [0.15, 0.2) is 0 Å². The van der Waals surface area contributed by atoms with Crippen LogP contribution < -0.4 is 0 Å². The lowest BCUT2D eigenvalue weighted by Crippen LogP contribution is -2.34. The molecule has 1 aromatic carbocycles. The van der Waals surface area contributed by atoms with Crippen LogP contribution in [0.25, 0.3) is 0 Å². The summed E-state index contributed by atoms with van der Waals surface area (Å²) in [6, 6.07) is 13.9. The first kappa shape index (κ1) is 18.7. The monoisotopic (exact) mass is 363 g/mol. The van der Waals surface area contributed by atoms with Crippen molar-refractivity contribution in [2.45, 2.75) is 18.8 Å². The van der Waals surface area contributed by atoms with Crippen LogP contribution in [0, 0.1) is 5.82 Å². The zero-order valence-electron chi connectivity index (χ0n) is 15.3. The first-order chi connectivity index (χ1) is 13.1. The lowest BCUT2D eigenvalue weighted by atomic mass is 9.91. The Morgan fingerprint density at radius 2 is 1.74 bits per heavy atom. The van der Waals surface area contributed by atoms with Gasteiger partial charge in [0.1, 0.15) is 5.82 Å². The molecule has 0 bridgehead atoms. The van der Waals surface area contributed by atoms with E-state index in [1.54, 1.807) is 41.8 Å². The highest BCUT2D eigenvalue weighted by Gasteiger charge is 2.24. The predicted octanol–water partition coefficient (Wildman–Crippen LogP) is 3.64. The molecule has 5 heteroatoms. The predicted molar refractivity (Wildman–Crippen MR) is 103 cm³/mol. The van der Waals surface area contributed by atoms with Crippen LogP contribution in [0.15, 0.2) is 73.3 Å². The van der Waals surface area contributed by atoms with Crippen molar-refractivity contribution in [1.29, 1.82) is 0 Å². The molecule has 0 aliphatic carbocycles. The molecule has 1 unspecified atom stereocenters. The third-order valence-electron chi connectivity index (χ3n) is 4.59. The molecule has 0 spiro atoms. The van der Waals surface area contributed by atoms with Gasteiger partial charge in [-0.15, -0.1) is 0 Å². The maximum Gasteiger partial charge on any atom is 0.230 e. The van der Waals surface area contributed by atoms with E-state index in [1.165, 1.54) is 12.1 Å². The second-order valence-corrected chi connectivity index (χ2v) is 6.53. The van der Waals surface area contributed by atoms with E-state index in [0.717, 1.165) is 23.1 Å². The van der Waals surface area contributed by atoms with E-state index < -0.39 is 0 Å². The molecule has 0 aliphatic rings. The fraction of sp³-hybridized carbons (Fsp3) is 0.227. The first-order valence-electron chi connectivity index (χ1n) is 8.92. The van der Waals surface area contributed by atoms with Gasteiger partial charge in [0.05, 0.1) is 5.92 Å². The molecule has 3 rings (SSSR count). The van der Waals surface area contributed by atoms with Gasteiger partial charge in [0.2, 0.25) is 5.91 Å². The topological polar surface area (TPSA) is 46.1 Å². The summed E-state index contributed by atoms with van der Waals surface area (Å²) in [7, 11) is 1.81. The lowest BCUT2D eigenvalue weighted by molar-refractivity contribution is -0.131. The molecular weight excluding hydrogens is 341 g/mol. The Hall–Kier alpha value is -3.08. The average Bonchev–Trinajstić information content (AvgIpc) is 2.72. The van der Waals surface area contributed by atoms with Crippen molar-refractivity contribution in [1.82, 2.24) is 14.9 Å². The van der Waals surface area contributed by atoms with Crippen molar-refractivity contribution >= 4 is 5.91 Å². The number of pyridine rings is 2. The van der Waals surface area contributed by atoms with Crippen LogP contribution >= 0.6 is 0 Å². The molecular formula is C22H22FN3O. The number of hydrogen-bond donors (Lipinski definition) is 0. The molecule has 1 atom stereocenters. The maximum absolute atomic E-state index is 13.3. The Kier molecular flexibility index (Phi) is 6.26. The SMILES string of the molecule is CN(CCc1ccncc1)C(=O)C(Cc1cccnc1)c1ccc(F)cc1. The number of likely N-dealkylation sites (N-methyl/N-ethyl adjacent to an activating group) is 1. The van der Waals surface area contributed by atoms with Crippen molar-refractivity contribution in [2.24, 2.45) is 0 Å². The molecule has 138 valence electrons. The van der Waals surface area contributed by atoms with Gasteiger partial charge in [-0.1, -0.05) is 18.2 Å². The molecule has 2 aromatic heterocycles. The summed E-state index contributed by atoms with van der Waals surface area (Å²) in [6.07, 6.45) is 8.26. The molecule has 0 radical (unpaired) electrons. The molecule has 3 aromatic rings. The van der Waals surface area contributed by atoms with E-state index in [9.17, 15) is 9.18 Å². The standard InChI is InChI=1S/C22H22FN3O/c1-26(14-10-17-8-12-24-13-9-17)22(27)21(15-18-3-2-11-25-16-18)19-4-6-20(23)7-5-19/h2-9,11-13,16,21H,10,14-15H2,1H3. The van der Waals surface area contributed by atoms with Crippen LogP contribution in [-0.2, 0) is 17.6 Å². The van der Waals surface area contributed by atoms with Gasteiger partial charge in [-0.25, -0.2) is 4.39 Å². The first-order valence-corrected chi connectivity index (χ1v) is 8.92. The molecule has 0 fully saturated rings. The summed E-state index contributed by atoms with van der Waals surface area (Å²) in [4.78, 5) is 23.0. The zero-order chi connectivity index (χ0) is 19.1. The Bertz CT molecular complexity index is 854. The van der Waals surface area contributed by atoms with Gasteiger partial charge < -0.3 is 4.90 Å². The Morgan fingerprint density at radius 3 is 2.41 bits per heavy atom. The van der Waals surface area contributed by atoms with Crippen molar-refractivity contribution in [2.75, 3.05) is 13.6 Å². The average molecular weight is 363 g/mol. The normalized spacial score (nSPS) is 11.8. The number of halogens is 1. The minimum atomic E-state index is -0.378. The molecule has 0 N–H and O–H groups in total. The highest BCUT2D eigenvalue weighted by Crippen LogP contribution is 2.23. The lowest BCUT2D eigenvalue weighted by Gasteiger charge is -2.24. The van der Waals surface area contributed by atoms with E-state index >= 15 is 0 Å². The summed E-state index contributed by atoms with van der Waals surface area (Å²) in [5.74, 6) is -0.672. The molecule has 0 aliphatic heterocycles. The number of hydrogen-bond acceptors (Lipinski definition) is 3. The fourth-order valence-corrected chi connectivity index (χ4v) is 3.02. The number of benzene rings is 1. The van der Waals surface area contributed by atoms with Crippen LogP contribution in [0.4, 0.5) is 4.39 Å². The largest absolute Gasteiger partial charge is 0.345 e. The van der Waals surface area contributed by atoms with Crippen molar-refractivity contribution < 1.29 is 9.18 Å².